The second-order valence-corrected chi connectivity index (χ2v) is 5.09. The van der Waals surface area contributed by atoms with Crippen molar-refractivity contribution in [3.63, 3.8) is 0 Å². The van der Waals surface area contributed by atoms with E-state index in [4.69, 9.17) is 9.47 Å². The van der Waals surface area contributed by atoms with Crippen LogP contribution < -0.4 is 10.1 Å². The summed E-state index contributed by atoms with van der Waals surface area (Å²) >= 11 is 0. The second kappa shape index (κ2) is 7.68. The predicted octanol–water partition coefficient (Wildman–Crippen LogP) is 2.10. The third-order valence-electron chi connectivity index (χ3n) is 3.70. The van der Waals surface area contributed by atoms with Gasteiger partial charge >= 0.3 is 12.0 Å². The van der Waals surface area contributed by atoms with Crippen LogP contribution in [0.1, 0.15) is 31.4 Å². The molecule has 2 rings (SSSR count). The summed E-state index contributed by atoms with van der Waals surface area (Å²) in [5.74, 6) is 0.371. The number of hydrogen-bond acceptors (Lipinski definition) is 4. The van der Waals surface area contributed by atoms with Gasteiger partial charge in [0.05, 0.1) is 19.8 Å². The fourth-order valence-electron chi connectivity index (χ4n) is 2.64. The van der Waals surface area contributed by atoms with Crippen molar-refractivity contribution in [1.82, 2.24) is 10.2 Å². The number of carbonyl (C=O) groups excluding carboxylic acids is 2. The fraction of sp³-hybridized carbons (Fsp3) is 0.500. The predicted molar refractivity (Wildman–Crippen MR) is 81.7 cm³/mol. The van der Waals surface area contributed by atoms with Crippen molar-refractivity contribution < 1.29 is 19.1 Å². The first-order valence-electron chi connectivity index (χ1n) is 7.49. The van der Waals surface area contributed by atoms with Crippen LogP contribution in [0, 0.1) is 0 Å². The lowest BCUT2D eigenvalue weighted by molar-refractivity contribution is -0.141. The van der Waals surface area contributed by atoms with Crippen molar-refractivity contribution in [1.29, 1.82) is 0 Å². The summed E-state index contributed by atoms with van der Waals surface area (Å²) in [7, 11) is 1.62. The number of rotatable bonds is 5. The van der Waals surface area contributed by atoms with Gasteiger partial charge in [0.25, 0.3) is 0 Å². The lowest BCUT2D eigenvalue weighted by Gasteiger charge is -2.25. The van der Waals surface area contributed by atoms with E-state index in [1.165, 1.54) is 0 Å². The van der Waals surface area contributed by atoms with E-state index >= 15 is 0 Å². The number of ether oxygens (including phenoxy) is 2. The van der Waals surface area contributed by atoms with Crippen molar-refractivity contribution in [3.05, 3.63) is 29.8 Å². The minimum atomic E-state index is -0.420. The smallest absolute Gasteiger partial charge is 0.325 e. The molecule has 1 fully saturated rings. The summed E-state index contributed by atoms with van der Waals surface area (Å²) in [6.07, 6.45) is 1.86. The minimum absolute atomic E-state index is 0.0353. The SMILES string of the molecule is CCOC(=O)CNC(=O)N1CCC[C@@H]1c1ccc(OC)cc1. The molecule has 6 heteroatoms. The van der Waals surface area contributed by atoms with E-state index < -0.39 is 5.97 Å². The zero-order valence-corrected chi connectivity index (χ0v) is 13.0. The van der Waals surface area contributed by atoms with Gasteiger partial charge in [0, 0.05) is 6.54 Å². The molecule has 1 aliphatic heterocycles. The van der Waals surface area contributed by atoms with Gasteiger partial charge in [0.1, 0.15) is 12.3 Å². The quantitative estimate of drug-likeness (QED) is 0.846. The molecule has 1 aromatic carbocycles. The number of likely N-dealkylation sites (tertiary alicyclic amines) is 1. The highest BCUT2D eigenvalue weighted by Gasteiger charge is 2.30. The van der Waals surface area contributed by atoms with Gasteiger partial charge in [-0.1, -0.05) is 12.1 Å². The van der Waals surface area contributed by atoms with Crippen LogP contribution in [-0.4, -0.2) is 43.7 Å². The highest BCUT2D eigenvalue weighted by molar-refractivity contribution is 5.81. The molecule has 1 saturated heterocycles. The van der Waals surface area contributed by atoms with Crippen LogP contribution in [0.2, 0.25) is 0 Å². The summed E-state index contributed by atoms with van der Waals surface area (Å²) in [6.45, 7) is 2.64. The highest BCUT2D eigenvalue weighted by Crippen LogP contribution is 2.32. The summed E-state index contributed by atoms with van der Waals surface area (Å²) in [5.41, 5.74) is 1.07. The molecule has 2 amide bonds. The van der Waals surface area contributed by atoms with E-state index in [0.29, 0.717) is 13.2 Å². The Labute approximate surface area is 130 Å². The van der Waals surface area contributed by atoms with Gasteiger partial charge in [-0.3, -0.25) is 4.79 Å². The summed E-state index contributed by atoms with van der Waals surface area (Å²) in [6, 6.07) is 7.53. The number of esters is 1. The largest absolute Gasteiger partial charge is 0.497 e. The Morgan fingerprint density at radius 3 is 2.68 bits per heavy atom. The maximum Gasteiger partial charge on any atom is 0.325 e. The van der Waals surface area contributed by atoms with Gasteiger partial charge < -0.3 is 19.7 Å². The van der Waals surface area contributed by atoms with Gasteiger partial charge in [-0.2, -0.15) is 0 Å². The molecule has 0 bridgehead atoms. The Kier molecular flexibility index (Phi) is 5.63. The third kappa shape index (κ3) is 3.90. The van der Waals surface area contributed by atoms with E-state index in [-0.39, 0.29) is 18.6 Å². The number of hydrogen-bond donors (Lipinski definition) is 1. The summed E-state index contributed by atoms with van der Waals surface area (Å²) in [5, 5.41) is 2.62. The van der Waals surface area contributed by atoms with E-state index in [2.05, 4.69) is 5.32 Å². The van der Waals surface area contributed by atoms with Crippen LogP contribution in [0.15, 0.2) is 24.3 Å². The van der Waals surface area contributed by atoms with Crippen molar-refractivity contribution >= 4 is 12.0 Å². The molecule has 6 nitrogen and oxygen atoms in total. The molecule has 1 aromatic rings. The molecular formula is C16H22N2O4. The molecule has 1 N–H and O–H groups in total. The zero-order chi connectivity index (χ0) is 15.9. The zero-order valence-electron chi connectivity index (χ0n) is 13.0. The number of nitrogens with zero attached hydrogens (tertiary/aromatic N) is 1. The molecule has 1 aliphatic rings. The van der Waals surface area contributed by atoms with Crippen LogP contribution in [-0.2, 0) is 9.53 Å². The molecule has 0 unspecified atom stereocenters. The number of methoxy groups -OCH3 is 1. The van der Waals surface area contributed by atoms with Gasteiger partial charge in [0.2, 0.25) is 0 Å². The molecule has 0 saturated carbocycles. The fourth-order valence-corrected chi connectivity index (χ4v) is 2.64. The number of urea groups is 1. The molecule has 0 aromatic heterocycles. The van der Waals surface area contributed by atoms with Crippen LogP contribution in [0.25, 0.3) is 0 Å². The monoisotopic (exact) mass is 306 g/mol. The highest BCUT2D eigenvalue weighted by atomic mass is 16.5. The minimum Gasteiger partial charge on any atom is -0.497 e. The van der Waals surface area contributed by atoms with Crippen LogP contribution in [0.3, 0.4) is 0 Å². The van der Waals surface area contributed by atoms with E-state index in [9.17, 15) is 9.59 Å². The number of amides is 2. The molecule has 120 valence electrons. The summed E-state index contributed by atoms with van der Waals surface area (Å²) in [4.78, 5) is 25.3. The molecule has 0 spiro atoms. The van der Waals surface area contributed by atoms with Crippen molar-refractivity contribution in [2.75, 3.05) is 26.8 Å². The Bertz CT molecular complexity index is 515. The maximum absolute atomic E-state index is 12.2. The average Bonchev–Trinajstić information content (AvgIpc) is 3.02. The van der Waals surface area contributed by atoms with Gasteiger partial charge in [-0.15, -0.1) is 0 Å². The Balaban J connectivity index is 1.97. The number of nitrogens with one attached hydrogen (secondary N) is 1. The van der Waals surface area contributed by atoms with Gasteiger partial charge in [0.15, 0.2) is 0 Å². The maximum atomic E-state index is 12.2. The first kappa shape index (κ1) is 16.1. The van der Waals surface area contributed by atoms with Crippen LogP contribution in [0.4, 0.5) is 4.79 Å². The lowest BCUT2D eigenvalue weighted by atomic mass is 10.0. The van der Waals surface area contributed by atoms with Crippen LogP contribution in [0.5, 0.6) is 5.75 Å². The molecule has 1 heterocycles. The first-order chi connectivity index (χ1) is 10.7. The van der Waals surface area contributed by atoms with Crippen molar-refractivity contribution in [3.8, 4) is 5.75 Å². The van der Waals surface area contributed by atoms with E-state index in [1.807, 2.05) is 24.3 Å². The van der Waals surface area contributed by atoms with E-state index in [0.717, 1.165) is 24.2 Å². The Morgan fingerprint density at radius 2 is 2.05 bits per heavy atom. The molecule has 0 radical (unpaired) electrons. The number of benzene rings is 1. The van der Waals surface area contributed by atoms with E-state index in [1.54, 1.807) is 18.9 Å². The Morgan fingerprint density at radius 1 is 1.32 bits per heavy atom. The summed E-state index contributed by atoms with van der Waals surface area (Å²) < 4.78 is 9.96. The normalized spacial score (nSPS) is 17.2. The van der Waals surface area contributed by atoms with Crippen molar-refractivity contribution in [2.24, 2.45) is 0 Å². The molecule has 22 heavy (non-hydrogen) atoms. The van der Waals surface area contributed by atoms with Gasteiger partial charge in [-0.05, 0) is 37.5 Å². The van der Waals surface area contributed by atoms with Crippen LogP contribution >= 0.6 is 0 Å². The average molecular weight is 306 g/mol. The van der Waals surface area contributed by atoms with Crippen molar-refractivity contribution in [2.45, 2.75) is 25.8 Å². The number of carbonyl (C=O) groups is 2. The molecule has 1 atom stereocenters. The standard InChI is InChI=1S/C16H22N2O4/c1-3-22-15(19)11-17-16(20)18-10-4-5-14(18)12-6-8-13(21-2)9-7-12/h6-9,14H,3-5,10-11H2,1-2H3,(H,17,20)/t14-/m1/s1. The Hall–Kier alpha value is -2.24. The molecular weight excluding hydrogens is 284 g/mol. The second-order valence-electron chi connectivity index (χ2n) is 5.09. The topological polar surface area (TPSA) is 67.9 Å². The third-order valence-corrected chi connectivity index (χ3v) is 3.70. The van der Waals surface area contributed by atoms with Gasteiger partial charge in [-0.25, -0.2) is 4.79 Å². The first-order valence-corrected chi connectivity index (χ1v) is 7.49. The molecule has 0 aliphatic carbocycles. The lowest BCUT2D eigenvalue weighted by Crippen LogP contribution is -2.41.